The average molecular weight is 178 g/mol. The molecule has 0 aliphatic carbocycles. The molecule has 0 aliphatic heterocycles. The van der Waals surface area contributed by atoms with Crippen LogP contribution >= 0.6 is 0 Å². The maximum Gasteiger partial charge on any atom is 0.330 e. The van der Waals surface area contributed by atoms with Crippen LogP contribution in [0.3, 0.4) is 0 Å². The first-order chi connectivity index (χ1) is 3.73. The van der Waals surface area contributed by atoms with Gasteiger partial charge in [0.25, 0.3) is 0 Å². The van der Waals surface area contributed by atoms with Crippen molar-refractivity contribution >= 4 is 21.2 Å². The van der Waals surface area contributed by atoms with E-state index in [-0.39, 0.29) is 0 Å². The maximum atomic E-state index is 8.97. The zero-order valence-electron chi connectivity index (χ0n) is 4.09. The molecule has 0 aromatic carbocycles. The highest BCUT2D eigenvalue weighted by Gasteiger charge is 1.81. The lowest BCUT2D eigenvalue weighted by Crippen LogP contribution is -2.08. The van der Waals surface area contributed by atoms with Crippen molar-refractivity contribution < 1.29 is 21.4 Å². The summed E-state index contributed by atoms with van der Waals surface area (Å²) >= 11 is 0. The minimum atomic E-state index is -4.17. The Morgan fingerprint density at radius 1 is 1.33 bits per heavy atom. The molecule has 0 aromatic heterocycles. The molecule has 0 saturated carbocycles. The van der Waals surface area contributed by atoms with Crippen LogP contribution in [0.2, 0.25) is 0 Å². The van der Waals surface area contributed by atoms with Gasteiger partial charge in [0.15, 0.2) is 10.9 Å². The first-order valence-electron chi connectivity index (χ1n) is 1.37. The number of thiol groups is 1. The predicted molar refractivity (Wildman–Crippen MR) is 30.2 cm³/mol. The van der Waals surface area contributed by atoms with E-state index in [4.69, 9.17) is 21.4 Å². The molecule has 0 amide bonds. The predicted octanol–water partition coefficient (Wildman–Crippen LogP) is -2.78. The Balaban J connectivity index is 0. The fraction of sp³-hybridized carbons (Fsp3) is 0. The van der Waals surface area contributed by atoms with E-state index >= 15 is 0 Å². The summed E-state index contributed by atoms with van der Waals surface area (Å²) in [5, 5.41) is 7.95. The van der Waals surface area contributed by atoms with Gasteiger partial charge in [-0.15, -0.1) is 0 Å². The number of hydrogen-bond acceptors (Lipinski definition) is 4. The van der Waals surface area contributed by atoms with Crippen LogP contribution in [0.15, 0.2) is 0 Å². The molecule has 5 N–H and O–H groups in total. The quantitative estimate of drug-likeness (QED) is 0.234. The van der Waals surface area contributed by atoms with Crippen LogP contribution in [0.1, 0.15) is 0 Å². The molecule has 7 nitrogen and oxygen atoms in total. The van der Waals surface area contributed by atoms with Crippen LogP contribution < -0.4 is 10.3 Å². The summed E-state index contributed by atoms with van der Waals surface area (Å²) in [4.78, 5) is 0. The Kier molecular flexibility index (Phi) is 5.96. The highest BCUT2D eigenvalue weighted by atomic mass is 32.2. The molecule has 9 heteroatoms. The van der Waals surface area contributed by atoms with Crippen molar-refractivity contribution in [2.24, 2.45) is 10.3 Å². The largest absolute Gasteiger partial charge is 0.330 e. The molecular weight excluding hydrogens is 172 g/mol. The molecule has 58 valence electrons. The van der Waals surface area contributed by atoms with Crippen molar-refractivity contribution in [3.63, 3.8) is 0 Å². The van der Waals surface area contributed by atoms with Crippen LogP contribution in [0.25, 0.3) is 0 Å². The molecule has 0 spiro atoms. The fourth-order valence-corrected chi connectivity index (χ4v) is 0. The van der Waals surface area contributed by atoms with Gasteiger partial charge >= 0.3 is 10.3 Å². The second-order valence-electron chi connectivity index (χ2n) is 0.800. The summed E-state index contributed by atoms with van der Waals surface area (Å²) in [5.41, 5.74) is 0. The molecule has 0 aromatic rings. The topological polar surface area (TPSA) is 141 Å². The molecule has 0 aliphatic rings. The monoisotopic (exact) mass is 178 g/mol. The van der Waals surface area contributed by atoms with E-state index in [0.717, 1.165) is 0 Å². The van der Waals surface area contributed by atoms with Crippen LogP contribution in [0.4, 0.5) is 0 Å². The second-order valence-corrected chi connectivity index (χ2v) is 2.40. The lowest BCUT2D eigenvalue weighted by Gasteiger charge is -1.70. The van der Waals surface area contributed by atoms with E-state index in [1.54, 1.807) is 0 Å². The van der Waals surface area contributed by atoms with Crippen molar-refractivity contribution in [1.29, 1.82) is 0 Å². The second kappa shape index (κ2) is 4.64. The van der Waals surface area contributed by atoms with Crippen LogP contribution in [-0.4, -0.2) is 21.4 Å². The molecular formula is H6N2O5S2. The summed E-state index contributed by atoms with van der Waals surface area (Å²) in [6, 6.07) is 0. The van der Waals surface area contributed by atoms with Crippen molar-refractivity contribution in [3.05, 3.63) is 0 Å². The van der Waals surface area contributed by atoms with Gasteiger partial charge in [0.05, 0.1) is 0 Å². The van der Waals surface area contributed by atoms with E-state index in [1.165, 1.54) is 0 Å². The molecule has 0 unspecified atom stereocenters. The average Bonchev–Trinajstić information content (AvgIpc) is 1.19. The van der Waals surface area contributed by atoms with Crippen molar-refractivity contribution in [2.75, 3.05) is 0 Å². The van der Waals surface area contributed by atoms with Crippen molar-refractivity contribution in [3.8, 4) is 0 Å². The van der Waals surface area contributed by atoms with Gasteiger partial charge in [0.1, 0.15) is 0 Å². The maximum absolute atomic E-state index is 8.97. The summed E-state index contributed by atoms with van der Waals surface area (Å²) in [6.45, 7) is 0. The summed E-state index contributed by atoms with van der Waals surface area (Å²) < 4.78 is 42.8. The highest BCUT2D eigenvalue weighted by molar-refractivity contribution is 7.83. The number of hydrogen-bond donors (Lipinski definition) is 4. The fourth-order valence-electron chi connectivity index (χ4n) is 0. The lowest BCUT2D eigenvalue weighted by molar-refractivity contribution is 0.485. The third-order valence-electron chi connectivity index (χ3n) is 0. The molecule has 9 heavy (non-hydrogen) atoms. The lowest BCUT2D eigenvalue weighted by atomic mass is 13.9. The van der Waals surface area contributed by atoms with E-state index in [2.05, 4.69) is 10.3 Å². The zero-order valence-corrected chi connectivity index (χ0v) is 5.80. The molecule has 0 bridgehead atoms. The summed E-state index contributed by atoms with van der Waals surface area (Å²) in [6.07, 6.45) is 0. The Bertz CT molecular complexity index is 193. The van der Waals surface area contributed by atoms with Gasteiger partial charge in [-0.05, 0) is 0 Å². The Morgan fingerprint density at radius 3 is 1.33 bits per heavy atom. The highest BCUT2D eigenvalue weighted by Crippen LogP contribution is 1.50. The zero-order chi connectivity index (χ0) is 8.08. The summed E-state index contributed by atoms with van der Waals surface area (Å²) in [5.74, 6) is 0. The van der Waals surface area contributed by atoms with E-state index in [1.807, 2.05) is 0 Å². The van der Waals surface area contributed by atoms with Crippen molar-refractivity contribution in [1.82, 2.24) is 0 Å². The van der Waals surface area contributed by atoms with Gasteiger partial charge in [-0.3, -0.25) is 4.55 Å². The van der Waals surface area contributed by atoms with Gasteiger partial charge < -0.3 is 0 Å². The van der Waals surface area contributed by atoms with Gasteiger partial charge in [-0.25, -0.2) is 18.7 Å². The Morgan fingerprint density at radius 2 is 1.33 bits per heavy atom. The van der Waals surface area contributed by atoms with Gasteiger partial charge in [0, 0.05) is 0 Å². The Labute approximate surface area is 53.6 Å². The number of rotatable bonds is 0. The van der Waals surface area contributed by atoms with E-state index in [0.29, 0.717) is 0 Å². The minimum absolute atomic E-state index is 2.62. The molecule has 0 radical (unpaired) electrons. The molecule has 0 fully saturated rings. The van der Waals surface area contributed by atoms with E-state index < -0.39 is 21.2 Å². The van der Waals surface area contributed by atoms with Crippen LogP contribution in [-0.2, 0) is 21.2 Å². The third kappa shape index (κ3) is 5370. The van der Waals surface area contributed by atoms with Crippen molar-refractivity contribution in [2.45, 2.75) is 0 Å². The van der Waals surface area contributed by atoms with Crippen LogP contribution in [0, 0.1) is 0 Å². The Hall–Kier alpha value is -0.220. The smallest absolute Gasteiger partial charge is 0.274 e. The van der Waals surface area contributed by atoms with Crippen LogP contribution in [0.5, 0.6) is 0 Å². The normalized spacial score (nSPS) is 10.2. The molecule has 0 atom stereocenters. The van der Waals surface area contributed by atoms with E-state index in [9.17, 15) is 0 Å². The molecule has 0 heterocycles. The van der Waals surface area contributed by atoms with Gasteiger partial charge in [-0.2, -0.15) is 8.42 Å². The third-order valence-corrected chi connectivity index (χ3v) is 0. The molecule has 0 rings (SSSR count). The minimum Gasteiger partial charge on any atom is -0.274 e. The SMILES string of the molecule is NS(=O)(=O)O.N[SH](=O)=O. The first-order valence-corrected chi connectivity index (χ1v) is 4.12. The summed E-state index contributed by atoms with van der Waals surface area (Å²) in [7, 11) is -6.79. The molecule has 0 saturated heterocycles. The standard InChI is InChI=1S/H3NO3S.H3NO2S/c1-5(2,3)4;1-4(2)3/h(H3,1,2,3,4);4H,(H2,1,2,3). The first kappa shape index (κ1) is 11.6. The van der Waals surface area contributed by atoms with Gasteiger partial charge in [-0.1, -0.05) is 0 Å². The number of nitrogens with two attached hydrogens (primary N) is 2. The van der Waals surface area contributed by atoms with Gasteiger partial charge in [0.2, 0.25) is 0 Å².